The van der Waals surface area contributed by atoms with Crippen LogP contribution in [0.1, 0.15) is 21.6 Å². The van der Waals surface area contributed by atoms with Gasteiger partial charge in [0.2, 0.25) is 0 Å². The molecule has 1 heterocycles. The van der Waals surface area contributed by atoms with Crippen LogP contribution < -0.4 is 14.8 Å². The minimum atomic E-state index is -0.596. The maximum absolute atomic E-state index is 12.3. The molecule has 0 spiro atoms. The molecule has 0 saturated heterocycles. The summed E-state index contributed by atoms with van der Waals surface area (Å²) in [5.74, 6) is -0.0391. The molecule has 0 saturated carbocycles. The van der Waals surface area contributed by atoms with E-state index >= 15 is 0 Å². The summed E-state index contributed by atoms with van der Waals surface area (Å²) in [6.45, 7) is 3.54. The number of aryl methyl sites for hydroxylation is 2. The maximum atomic E-state index is 12.3. The molecule has 0 bridgehead atoms. The van der Waals surface area contributed by atoms with Gasteiger partial charge in [-0.2, -0.15) is 0 Å². The van der Waals surface area contributed by atoms with Crippen molar-refractivity contribution < 1.29 is 23.8 Å². The number of methoxy groups -OCH3 is 2. The van der Waals surface area contributed by atoms with Crippen molar-refractivity contribution in [3.8, 4) is 11.5 Å². The Morgan fingerprint density at radius 1 is 1.04 bits per heavy atom. The summed E-state index contributed by atoms with van der Waals surface area (Å²) in [4.78, 5) is 27.5. The highest BCUT2D eigenvalue weighted by atomic mass is 16.5. The van der Waals surface area contributed by atoms with Gasteiger partial charge in [0, 0.05) is 17.0 Å². The average molecular weight is 382 g/mol. The third-order valence-corrected chi connectivity index (χ3v) is 4.32. The largest absolute Gasteiger partial charge is 0.497 e. The lowest BCUT2D eigenvalue weighted by Gasteiger charge is -2.11. The number of esters is 1. The average Bonchev–Trinajstić information content (AvgIpc) is 3.10. The molecule has 0 aliphatic heterocycles. The quantitative estimate of drug-likeness (QED) is 0.636. The van der Waals surface area contributed by atoms with Crippen LogP contribution in [0.5, 0.6) is 11.5 Å². The van der Waals surface area contributed by atoms with E-state index in [-0.39, 0.29) is 0 Å². The van der Waals surface area contributed by atoms with Gasteiger partial charge in [0.15, 0.2) is 6.61 Å². The van der Waals surface area contributed by atoms with E-state index < -0.39 is 18.5 Å². The molecular weight excluding hydrogens is 360 g/mol. The Morgan fingerprint density at radius 2 is 1.82 bits per heavy atom. The molecule has 2 aromatic carbocycles. The number of rotatable bonds is 6. The third-order valence-electron chi connectivity index (χ3n) is 4.32. The summed E-state index contributed by atoms with van der Waals surface area (Å²) in [6.07, 6.45) is 0. The van der Waals surface area contributed by atoms with Crippen molar-refractivity contribution in [2.75, 3.05) is 26.1 Å². The molecule has 3 rings (SSSR count). The van der Waals surface area contributed by atoms with Crippen LogP contribution in [-0.4, -0.2) is 37.7 Å². The molecule has 0 fully saturated rings. The number of fused-ring (bicyclic) bond motifs is 1. The number of H-pyrrole nitrogens is 1. The number of anilines is 1. The smallest absolute Gasteiger partial charge is 0.355 e. The molecule has 7 nitrogen and oxygen atoms in total. The molecule has 146 valence electrons. The van der Waals surface area contributed by atoms with E-state index in [4.69, 9.17) is 14.2 Å². The SMILES string of the molecule is COc1ccc(OC)c(NC(=O)COC(=O)c2cc3c(C)cc(C)cc3[nH]2)c1. The van der Waals surface area contributed by atoms with Gasteiger partial charge < -0.3 is 24.5 Å². The Kier molecular flexibility index (Phi) is 5.54. The molecule has 1 aromatic heterocycles. The van der Waals surface area contributed by atoms with Crippen molar-refractivity contribution in [3.63, 3.8) is 0 Å². The molecular formula is C21H22N2O5. The predicted molar refractivity (Wildman–Crippen MR) is 106 cm³/mol. The van der Waals surface area contributed by atoms with Crippen LogP contribution in [0.2, 0.25) is 0 Å². The van der Waals surface area contributed by atoms with Crippen LogP contribution in [0.4, 0.5) is 5.69 Å². The van der Waals surface area contributed by atoms with Gasteiger partial charge in [0.05, 0.1) is 19.9 Å². The summed E-state index contributed by atoms with van der Waals surface area (Å²) >= 11 is 0. The van der Waals surface area contributed by atoms with Crippen molar-refractivity contribution in [1.82, 2.24) is 4.98 Å². The van der Waals surface area contributed by atoms with Gasteiger partial charge in [-0.3, -0.25) is 4.79 Å². The highest BCUT2D eigenvalue weighted by Crippen LogP contribution is 2.28. The number of benzene rings is 2. The molecule has 28 heavy (non-hydrogen) atoms. The van der Waals surface area contributed by atoms with Crippen molar-refractivity contribution in [2.24, 2.45) is 0 Å². The zero-order chi connectivity index (χ0) is 20.3. The van der Waals surface area contributed by atoms with Crippen LogP contribution in [-0.2, 0) is 9.53 Å². The van der Waals surface area contributed by atoms with Gasteiger partial charge in [0.25, 0.3) is 5.91 Å². The van der Waals surface area contributed by atoms with Crippen LogP contribution in [0.25, 0.3) is 10.9 Å². The zero-order valence-corrected chi connectivity index (χ0v) is 16.2. The Bertz CT molecular complexity index is 1040. The van der Waals surface area contributed by atoms with Crippen LogP contribution in [0.3, 0.4) is 0 Å². The Labute approximate surface area is 162 Å². The Morgan fingerprint density at radius 3 is 2.54 bits per heavy atom. The molecule has 0 unspecified atom stereocenters. The van der Waals surface area contributed by atoms with Crippen LogP contribution in [0.15, 0.2) is 36.4 Å². The lowest BCUT2D eigenvalue weighted by Crippen LogP contribution is -2.21. The molecule has 1 amide bonds. The highest BCUT2D eigenvalue weighted by Gasteiger charge is 2.15. The van der Waals surface area contributed by atoms with Crippen molar-refractivity contribution in [1.29, 1.82) is 0 Å². The van der Waals surface area contributed by atoms with E-state index in [1.165, 1.54) is 14.2 Å². The maximum Gasteiger partial charge on any atom is 0.355 e. The fraction of sp³-hybridized carbons (Fsp3) is 0.238. The number of carbonyl (C=O) groups is 2. The second kappa shape index (κ2) is 8.04. The number of ether oxygens (including phenoxy) is 3. The summed E-state index contributed by atoms with van der Waals surface area (Å²) in [7, 11) is 3.02. The number of hydrogen-bond donors (Lipinski definition) is 2. The van der Waals surface area contributed by atoms with E-state index in [1.807, 2.05) is 26.0 Å². The Balaban J connectivity index is 1.66. The summed E-state index contributed by atoms with van der Waals surface area (Å²) < 4.78 is 15.5. The number of aromatic nitrogens is 1. The van der Waals surface area contributed by atoms with E-state index in [0.29, 0.717) is 22.9 Å². The first-order valence-electron chi connectivity index (χ1n) is 8.70. The third kappa shape index (κ3) is 4.09. The lowest BCUT2D eigenvalue weighted by molar-refractivity contribution is -0.119. The summed E-state index contributed by atoms with van der Waals surface area (Å²) in [5.41, 5.74) is 3.75. The zero-order valence-electron chi connectivity index (χ0n) is 16.2. The summed E-state index contributed by atoms with van der Waals surface area (Å²) in [6, 6.07) is 10.8. The number of aromatic amines is 1. The van der Waals surface area contributed by atoms with Gasteiger partial charge >= 0.3 is 5.97 Å². The first kappa shape index (κ1) is 19.3. The fourth-order valence-corrected chi connectivity index (χ4v) is 3.02. The van der Waals surface area contributed by atoms with E-state index in [2.05, 4.69) is 10.3 Å². The van der Waals surface area contributed by atoms with E-state index in [9.17, 15) is 9.59 Å². The van der Waals surface area contributed by atoms with Gasteiger partial charge in [-0.15, -0.1) is 0 Å². The van der Waals surface area contributed by atoms with Crippen molar-refractivity contribution in [2.45, 2.75) is 13.8 Å². The fourth-order valence-electron chi connectivity index (χ4n) is 3.02. The molecule has 0 atom stereocenters. The molecule has 7 heteroatoms. The van der Waals surface area contributed by atoms with Gasteiger partial charge in [-0.1, -0.05) is 6.07 Å². The van der Waals surface area contributed by atoms with Gasteiger partial charge in [0.1, 0.15) is 17.2 Å². The lowest BCUT2D eigenvalue weighted by atomic mass is 10.1. The van der Waals surface area contributed by atoms with Crippen molar-refractivity contribution >= 4 is 28.5 Å². The van der Waals surface area contributed by atoms with Crippen LogP contribution >= 0.6 is 0 Å². The standard InChI is InChI=1S/C21H22N2O5/c1-12-7-13(2)15-10-18(22-16(15)8-12)21(25)28-11-20(24)23-17-9-14(26-3)5-6-19(17)27-4/h5-10,22H,11H2,1-4H3,(H,23,24). The normalized spacial score (nSPS) is 10.6. The first-order chi connectivity index (χ1) is 13.4. The second-order valence-electron chi connectivity index (χ2n) is 6.42. The van der Waals surface area contributed by atoms with Crippen molar-refractivity contribution in [3.05, 3.63) is 53.2 Å². The van der Waals surface area contributed by atoms with E-state index in [1.54, 1.807) is 24.3 Å². The number of nitrogens with one attached hydrogen (secondary N) is 2. The number of hydrogen-bond acceptors (Lipinski definition) is 5. The topological polar surface area (TPSA) is 89.7 Å². The van der Waals surface area contributed by atoms with E-state index in [0.717, 1.165) is 22.0 Å². The number of amides is 1. The van der Waals surface area contributed by atoms with Crippen LogP contribution in [0, 0.1) is 13.8 Å². The minimum Gasteiger partial charge on any atom is -0.497 e. The predicted octanol–water partition coefficient (Wildman–Crippen LogP) is 3.60. The molecule has 0 aliphatic carbocycles. The van der Waals surface area contributed by atoms with Gasteiger partial charge in [-0.25, -0.2) is 4.79 Å². The molecule has 0 radical (unpaired) electrons. The number of carbonyl (C=O) groups excluding carboxylic acids is 2. The van der Waals surface area contributed by atoms with Gasteiger partial charge in [-0.05, 0) is 49.2 Å². The highest BCUT2D eigenvalue weighted by molar-refractivity contribution is 5.98. The molecule has 2 N–H and O–H groups in total. The Hall–Kier alpha value is -3.48. The first-order valence-corrected chi connectivity index (χ1v) is 8.70. The minimum absolute atomic E-state index is 0.301. The summed E-state index contributed by atoms with van der Waals surface area (Å²) in [5, 5.41) is 3.60. The second-order valence-corrected chi connectivity index (χ2v) is 6.42. The molecule has 3 aromatic rings. The monoisotopic (exact) mass is 382 g/mol. The molecule has 0 aliphatic rings.